The van der Waals surface area contributed by atoms with Crippen molar-refractivity contribution < 1.29 is 18.0 Å². The Balaban J connectivity index is 2.03. The van der Waals surface area contributed by atoms with Gasteiger partial charge in [-0.2, -0.15) is 0 Å². The van der Waals surface area contributed by atoms with E-state index in [2.05, 4.69) is 5.32 Å². The highest BCUT2D eigenvalue weighted by Gasteiger charge is 2.33. The van der Waals surface area contributed by atoms with Gasteiger partial charge in [0, 0.05) is 25.7 Å². The van der Waals surface area contributed by atoms with Gasteiger partial charge in [-0.3, -0.25) is 9.59 Å². The maximum absolute atomic E-state index is 12.4. The number of carbonyl (C=O) groups excluding carboxylic acids is 2. The largest absolute Gasteiger partial charge is 0.355 e. The van der Waals surface area contributed by atoms with Crippen LogP contribution in [0.25, 0.3) is 0 Å². The molecule has 0 bridgehead atoms. The second-order valence-corrected chi connectivity index (χ2v) is 8.80. The summed E-state index contributed by atoms with van der Waals surface area (Å²) in [6.45, 7) is 3.75. The average molecular weight is 352 g/mol. The lowest BCUT2D eigenvalue weighted by molar-refractivity contribution is -0.127. The number of rotatable bonds is 6. The molecule has 0 fully saturated rings. The smallest absolute Gasteiger partial charge is 0.228 e. The first kappa shape index (κ1) is 18.4. The minimum atomic E-state index is -3.18. The molecule has 1 aromatic carbocycles. The summed E-state index contributed by atoms with van der Waals surface area (Å²) < 4.78 is 23.8. The number of nitrogens with zero attached hydrogens (tertiary/aromatic N) is 1. The lowest BCUT2D eigenvalue weighted by Crippen LogP contribution is -2.40. The van der Waals surface area contributed by atoms with Crippen LogP contribution < -0.4 is 10.2 Å². The quantitative estimate of drug-likeness (QED) is 0.837. The number of amides is 2. The highest BCUT2D eigenvalue weighted by atomic mass is 32.2. The number of para-hydroxylation sites is 1. The van der Waals surface area contributed by atoms with Crippen molar-refractivity contribution in [3.63, 3.8) is 0 Å². The van der Waals surface area contributed by atoms with Crippen LogP contribution in [0.2, 0.25) is 0 Å². The molecule has 1 atom stereocenters. The molecule has 1 aromatic rings. The Morgan fingerprint density at radius 3 is 2.67 bits per heavy atom. The van der Waals surface area contributed by atoms with Crippen molar-refractivity contribution in [3.05, 3.63) is 29.8 Å². The molecule has 0 saturated carbocycles. The molecule has 2 amide bonds. The molecule has 1 N–H and O–H groups in total. The highest BCUT2D eigenvalue weighted by Crippen LogP contribution is 2.34. The van der Waals surface area contributed by atoms with Gasteiger partial charge < -0.3 is 10.2 Å². The van der Waals surface area contributed by atoms with Crippen molar-refractivity contribution in [2.45, 2.75) is 26.2 Å². The summed E-state index contributed by atoms with van der Waals surface area (Å²) in [7, 11) is -1.49. The standard InChI is InChI=1S/C17H24N2O4S/c1-12(2)11-24(22,23)9-8-18-17(21)14-10-16(20)19(3)15-7-5-4-6-13(14)15/h4-7,12,14H,8-11H2,1-3H3,(H,18,21). The molecule has 132 valence electrons. The molecule has 1 heterocycles. The van der Waals surface area contributed by atoms with Gasteiger partial charge in [0.05, 0.1) is 17.4 Å². The van der Waals surface area contributed by atoms with Crippen molar-refractivity contribution in [1.82, 2.24) is 5.32 Å². The number of benzene rings is 1. The first-order valence-corrected chi connectivity index (χ1v) is 9.87. The molecule has 0 saturated heterocycles. The van der Waals surface area contributed by atoms with Gasteiger partial charge in [-0.25, -0.2) is 8.42 Å². The molecule has 1 aliphatic rings. The molecule has 0 aromatic heterocycles. The summed E-state index contributed by atoms with van der Waals surface area (Å²) in [5.41, 5.74) is 1.52. The third-order valence-corrected chi connectivity index (χ3v) is 6.04. The van der Waals surface area contributed by atoms with E-state index < -0.39 is 15.8 Å². The van der Waals surface area contributed by atoms with Crippen LogP contribution in [0.1, 0.15) is 31.7 Å². The van der Waals surface area contributed by atoms with Crippen LogP contribution in [0.15, 0.2) is 24.3 Å². The van der Waals surface area contributed by atoms with Gasteiger partial charge in [0.25, 0.3) is 0 Å². The van der Waals surface area contributed by atoms with Crippen molar-refractivity contribution in [2.24, 2.45) is 5.92 Å². The summed E-state index contributed by atoms with van der Waals surface area (Å²) >= 11 is 0. The van der Waals surface area contributed by atoms with Crippen molar-refractivity contribution in [2.75, 3.05) is 30.0 Å². The monoisotopic (exact) mass is 352 g/mol. The number of hydrogen-bond acceptors (Lipinski definition) is 4. The van der Waals surface area contributed by atoms with E-state index in [1.54, 1.807) is 18.0 Å². The average Bonchev–Trinajstić information content (AvgIpc) is 2.49. The molecule has 0 spiro atoms. The summed E-state index contributed by atoms with van der Waals surface area (Å²) in [6, 6.07) is 7.29. The fourth-order valence-corrected chi connectivity index (χ4v) is 4.52. The molecule has 6 nitrogen and oxygen atoms in total. The SMILES string of the molecule is CC(C)CS(=O)(=O)CCNC(=O)C1CC(=O)N(C)c2ccccc21. The van der Waals surface area contributed by atoms with Gasteiger partial charge in [-0.1, -0.05) is 32.0 Å². The summed E-state index contributed by atoms with van der Waals surface area (Å²) in [6.07, 6.45) is 0.0953. The van der Waals surface area contributed by atoms with Crippen LogP contribution >= 0.6 is 0 Å². The minimum Gasteiger partial charge on any atom is -0.355 e. The zero-order chi connectivity index (χ0) is 17.9. The van der Waals surface area contributed by atoms with Crippen molar-refractivity contribution >= 4 is 27.3 Å². The van der Waals surface area contributed by atoms with E-state index in [0.29, 0.717) is 0 Å². The maximum atomic E-state index is 12.4. The molecule has 1 aliphatic heterocycles. The number of nitrogens with one attached hydrogen (secondary N) is 1. The van der Waals surface area contributed by atoms with Gasteiger partial charge in [0.1, 0.15) is 0 Å². The Hall–Kier alpha value is -1.89. The van der Waals surface area contributed by atoms with Crippen LogP contribution in [-0.4, -0.2) is 45.3 Å². The molecule has 2 rings (SSSR count). The molecule has 0 aliphatic carbocycles. The van der Waals surface area contributed by atoms with E-state index in [9.17, 15) is 18.0 Å². The zero-order valence-corrected chi connectivity index (χ0v) is 15.1. The van der Waals surface area contributed by atoms with E-state index in [-0.39, 0.29) is 42.2 Å². The number of anilines is 1. The van der Waals surface area contributed by atoms with E-state index in [1.165, 1.54) is 0 Å². The Kier molecular flexibility index (Phi) is 5.64. The summed E-state index contributed by atoms with van der Waals surface area (Å²) in [5.74, 6) is -0.913. The van der Waals surface area contributed by atoms with Crippen molar-refractivity contribution in [3.8, 4) is 0 Å². The summed E-state index contributed by atoms with van der Waals surface area (Å²) in [4.78, 5) is 26.1. The van der Waals surface area contributed by atoms with Crippen LogP contribution in [-0.2, 0) is 19.4 Å². The van der Waals surface area contributed by atoms with Gasteiger partial charge >= 0.3 is 0 Å². The third-order valence-electron chi connectivity index (χ3n) is 4.04. The van der Waals surface area contributed by atoms with Gasteiger partial charge in [0.15, 0.2) is 9.84 Å². The number of carbonyl (C=O) groups is 2. The van der Waals surface area contributed by atoms with Crippen molar-refractivity contribution in [1.29, 1.82) is 0 Å². The van der Waals surface area contributed by atoms with E-state index in [4.69, 9.17) is 0 Å². The van der Waals surface area contributed by atoms with Crippen LogP contribution in [0.5, 0.6) is 0 Å². The van der Waals surface area contributed by atoms with Gasteiger partial charge in [-0.15, -0.1) is 0 Å². The zero-order valence-electron chi connectivity index (χ0n) is 14.3. The topological polar surface area (TPSA) is 83.5 Å². The first-order valence-electron chi connectivity index (χ1n) is 8.05. The Bertz CT molecular complexity index is 728. The van der Waals surface area contributed by atoms with E-state index >= 15 is 0 Å². The van der Waals surface area contributed by atoms with Crippen LogP contribution in [0.3, 0.4) is 0 Å². The highest BCUT2D eigenvalue weighted by molar-refractivity contribution is 7.91. The molecule has 0 radical (unpaired) electrons. The van der Waals surface area contributed by atoms with E-state index in [1.807, 2.05) is 32.0 Å². The Morgan fingerprint density at radius 1 is 1.33 bits per heavy atom. The third kappa shape index (κ3) is 4.35. The number of hydrogen-bond donors (Lipinski definition) is 1. The van der Waals surface area contributed by atoms with Crippen LogP contribution in [0, 0.1) is 5.92 Å². The van der Waals surface area contributed by atoms with Gasteiger partial charge in [0.2, 0.25) is 11.8 Å². The molecular formula is C17H24N2O4S. The predicted octanol–water partition coefficient (Wildman–Crippen LogP) is 1.32. The Labute approximate surface area is 143 Å². The second-order valence-electron chi connectivity index (χ2n) is 6.57. The Morgan fingerprint density at radius 2 is 2.00 bits per heavy atom. The normalized spacial score (nSPS) is 17.8. The minimum absolute atomic E-state index is 0.0593. The predicted molar refractivity (Wildman–Crippen MR) is 93.7 cm³/mol. The molecular weight excluding hydrogens is 328 g/mol. The lowest BCUT2D eigenvalue weighted by Gasteiger charge is -2.30. The fraction of sp³-hybridized carbons (Fsp3) is 0.529. The molecule has 24 heavy (non-hydrogen) atoms. The number of fused-ring (bicyclic) bond motifs is 1. The van der Waals surface area contributed by atoms with E-state index in [0.717, 1.165) is 11.3 Å². The molecule has 7 heteroatoms. The first-order chi connectivity index (χ1) is 11.2. The van der Waals surface area contributed by atoms with Gasteiger partial charge in [-0.05, 0) is 17.5 Å². The summed E-state index contributed by atoms with van der Waals surface area (Å²) in [5, 5.41) is 2.67. The lowest BCUT2D eigenvalue weighted by atomic mass is 9.89. The second kappa shape index (κ2) is 7.34. The molecule has 1 unspecified atom stereocenters. The number of sulfone groups is 1. The van der Waals surface area contributed by atoms with Crippen LogP contribution in [0.4, 0.5) is 5.69 Å². The fourth-order valence-electron chi connectivity index (χ4n) is 2.92. The maximum Gasteiger partial charge on any atom is 0.228 e.